The summed E-state index contributed by atoms with van der Waals surface area (Å²) in [6.45, 7) is -0.148. The molecule has 3 aromatic rings. The van der Waals surface area contributed by atoms with Gasteiger partial charge in [0, 0.05) is 41.3 Å². The van der Waals surface area contributed by atoms with Crippen LogP contribution in [-0.4, -0.2) is 26.6 Å². The predicted molar refractivity (Wildman–Crippen MR) is 109 cm³/mol. The highest BCUT2D eigenvalue weighted by Crippen LogP contribution is 2.31. The number of hydrogen-bond donors (Lipinski definition) is 1. The van der Waals surface area contributed by atoms with Crippen LogP contribution in [0.2, 0.25) is 10.0 Å². The number of ether oxygens (including phenoxy) is 1. The smallest absolute Gasteiger partial charge is 0.262 e. The molecule has 0 aliphatic rings. The monoisotopic (exact) mass is 388 g/mol. The van der Waals surface area contributed by atoms with Gasteiger partial charge in [-0.2, -0.15) is 0 Å². The second-order valence-corrected chi connectivity index (χ2v) is 6.83. The van der Waals surface area contributed by atoms with Gasteiger partial charge in [0.15, 0.2) is 6.61 Å². The largest absolute Gasteiger partial charge is 0.482 e. The molecule has 26 heavy (non-hydrogen) atoms. The molecule has 0 bridgehead atoms. The third-order valence-corrected chi connectivity index (χ3v) is 4.44. The van der Waals surface area contributed by atoms with Crippen LogP contribution in [0.4, 0.5) is 11.4 Å². The van der Waals surface area contributed by atoms with Gasteiger partial charge in [0.25, 0.3) is 5.91 Å². The van der Waals surface area contributed by atoms with Crippen LogP contribution in [0.15, 0.2) is 54.6 Å². The molecule has 0 unspecified atom stereocenters. The molecule has 0 saturated carbocycles. The average molecular weight is 389 g/mol. The van der Waals surface area contributed by atoms with Crippen molar-refractivity contribution in [2.45, 2.75) is 0 Å². The van der Waals surface area contributed by atoms with Crippen molar-refractivity contribution in [3.05, 3.63) is 64.6 Å². The molecule has 0 heterocycles. The lowest BCUT2D eigenvalue weighted by atomic mass is 10.1. The van der Waals surface area contributed by atoms with Crippen molar-refractivity contribution >= 4 is 51.3 Å². The summed E-state index contributed by atoms with van der Waals surface area (Å²) in [4.78, 5) is 14.4. The van der Waals surface area contributed by atoms with E-state index in [-0.39, 0.29) is 12.5 Å². The fourth-order valence-corrected chi connectivity index (χ4v) is 3.17. The molecule has 1 amide bonds. The lowest BCUT2D eigenvalue weighted by molar-refractivity contribution is -0.118. The Hall–Kier alpha value is -2.43. The summed E-state index contributed by atoms with van der Waals surface area (Å²) in [5.41, 5.74) is 1.82. The van der Waals surface area contributed by atoms with Crippen molar-refractivity contribution in [3.8, 4) is 5.75 Å². The molecular weight excluding hydrogens is 371 g/mol. The predicted octanol–water partition coefficient (Wildman–Crippen LogP) is 5.23. The Morgan fingerprint density at radius 2 is 1.77 bits per heavy atom. The van der Waals surface area contributed by atoms with E-state index in [2.05, 4.69) is 5.32 Å². The van der Waals surface area contributed by atoms with Crippen LogP contribution in [-0.2, 0) is 4.79 Å². The zero-order chi connectivity index (χ0) is 18.7. The third kappa shape index (κ3) is 4.03. The van der Waals surface area contributed by atoms with Crippen LogP contribution >= 0.6 is 23.2 Å². The zero-order valence-corrected chi connectivity index (χ0v) is 15.9. The van der Waals surface area contributed by atoms with E-state index < -0.39 is 0 Å². The number of halogens is 2. The second kappa shape index (κ2) is 7.85. The van der Waals surface area contributed by atoms with Crippen molar-refractivity contribution in [3.63, 3.8) is 0 Å². The first-order chi connectivity index (χ1) is 12.5. The molecule has 0 fully saturated rings. The molecule has 1 N–H and O–H groups in total. The number of benzene rings is 3. The molecule has 134 valence electrons. The number of fused-ring (bicyclic) bond motifs is 1. The van der Waals surface area contributed by atoms with Gasteiger partial charge >= 0.3 is 0 Å². The summed E-state index contributed by atoms with van der Waals surface area (Å²) >= 11 is 11.9. The molecular formula is C20H18Cl2N2O2. The van der Waals surface area contributed by atoms with E-state index in [4.69, 9.17) is 27.9 Å². The van der Waals surface area contributed by atoms with Crippen LogP contribution in [0.5, 0.6) is 5.75 Å². The number of amides is 1. The Balaban J connectivity index is 1.76. The summed E-state index contributed by atoms with van der Waals surface area (Å²) in [6.07, 6.45) is 0. The Kier molecular flexibility index (Phi) is 5.55. The fraction of sp³-hybridized carbons (Fsp3) is 0.150. The topological polar surface area (TPSA) is 41.6 Å². The minimum absolute atomic E-state index is 0.148. The maximum atomic E-state index is 12.3. The molecule has 0 aliphatic carbocycles. The van der Waals surface area contributed by atoms with Crippen molar-refractivity contribution in [2.75, 3.05) is 30.9 Å². The second-order valence-electron chi connectivity index (χ2n) is 5.98. The number of carbonyl (C=O) groups is 1. The number of nitrogens with zero attached hydrogens (tertiary/aromatic N) is 1. The summed E-state index contributed by atoms with van der Waals surface area (Å²) in [6, 6.07) is 16.7. The highest BCUT2D eigenvalue weighted by molar-refractivity contribution is 6.35. The van der Waals surface area contributed by atoms with Gasteiger partial charge in [0.1, 0.15) is 5.75 Å². The van der Waals surface area contributed by atoms with Gasteiger partial charge < -0.3 is 15.0 Å². The highest BCUT2D eigenvalue weighted by atomic mass is 35.5. The normalized spacial score (nSPS) is 10.6. The van der Waals surface area contributed by atoms with E-state index in [0.29, 0.717) is 15.8 Å². The Bertz CT molecular complexity index is 958. The van der Waals surface area contributed by atoms with Gasteiger partial charge in [-0.15, -0.1) is 0 Å². The number of nitrogens with one attached hydrogen (secondary N) is 1. The SMILES string of the molecule is CN(C)c1ccc(NC(=O)COc2ccc(Cl)cc2Cl)c2ccccc12. The van der Waals surface area contributed by atoms with Crippen molar-refractivity contribution in [1.29, 1.82) is 0 Å². The van der Waals surface area contributed by atoms with E-state index in [1.807, 2.05) is 55.4 Å². The Labute approximate surface area is 162 Å². The van der Waals surface area contributed by atoms with E-state index >= 15 is 0 Å². The lowest BCUT2D eigenvalue weighted by Crippen LogP contribution is -2.20. The van der Waals surface area contributed by atoms with Crippen molar-refractivity contribution in [2.24, 2.45) is 0 Å². The Morgan fingerprint density at radius 1 is 1.04 bits per heavy atom. The highest BCUT2D eigenvalue weighted by Gasteiger charge is 2.11. The average Bonchev–Trinajstić information content (AvgIpc) is 2.61. The van der Waals surface area contributed by atoms with E-state index in [9.17, 15) is 4.79 Å². The first kappa shape index (κ1) is 18.4. The van der Waals surface area contributed by atoms with Crippen LogP contribution < -0.4 is 15.0 Å². The van der Waals surface area contributed by atoms with E-state index in [1.165, 1.54) is 0 Å². The summed E-state index contributed by atoms with van der Waals surface area (Å²) in [5, 5.41) is 5.82. The summed E-state index contributed by atoms with van der Waals surface area (Å²) in [7, 11) is 3.98. The molecule has 0 atom stereocenters. The van der Waals surface area contributed by atoms with Gasteiger partial charge in [-0.3, -0.25) is 4.79 Å². The lowest BCUT2D eigenvalue weighted by Gasteiger charge is -2.18. The van der Waals surface area contributed by atoms with Gasteiger partial charge in [-0.25, -0.2) is 0 Å². The maximum Gasteiger partial charge on any atom is 0.262 e. The number of rotatable bonds is 5. The van der Waals surface area contributed by atoms with Crippen LogP contribution in [0.3, 0.4) is 0 Å². The molecule has 0 aliphatic heterocycles. The summed E-state index contributed by atoms with van der Waals surface area (Å²) < 4.78 is 5.49. The maximum absolute atomic E-state index is 12.3. The fourth-order valence-electron chi connectivity index (χ4n) is 2.70. The van der Waals surface area contributed by atoms with E-state index in [1.54, 1.807) is 18.2 Å². The minimum atomic E-state index is -0.265. The first-order valence-corrected chi connectivity index (χ1v) is 8.78. The molecule has 6 heteroatoms. The van der Waals surface area contributed by atoms with Gasteiger partial charge in [-0.1, -0.05) is 47.5 Å². The van der Waals surface area contributed by atoms with E-state index in [0.717, 1.165) is 22.1 Å². The quantitative estimate of drug-likeness (QED) is 0.650. The standard InChI is InChI=1S/C20H18Cl2N2O2/c1-24(2)18-9-8-17(14-5-3-4-6-15(14)18)23-20(25)12-26-19-10-7-13(21)11-16(19)22/h3-11H,12H2,1-2H3,(H,23,25). The number of hydrogen-bond acceptors (Lipinski definition) is 3. The molecule has 0 spiro atoms. The van der Waals surface area contributed by atoms with Crippen LogP contribution in [0.25, 0.3) is 10.8 Å². The summed E-state index contributed by atoms with van der Waals surface area (Å²) in [5.74, 6) is 0.151. The molecule has 4 nitrogen and oxygen atoms in total. The minimum Gasteiger partial charge on any atom is -0.482 e. The van der Waals surface area contributed by atoms with Crippen LogP contribution in [0, 0.1) is 0 Å². The zero-order valence-electron chi connectivity index (χ0n) is 14.4. The van der Waals surface area contributed by atoms with Crippen molar-refractivity contribution < 1.29 is 9.53 Å². The molecule has 3 rings (SSSR count). The Morgan fingerprint density at radius 3 is 2.46 bits per heavy atom. The first-order valence-electron chi connectivity index (χ1n) is 8.02. The van der Waals surface area contributed by atoms with Gasteiger partial charge in [0.2, 0.25) is 0 Å². The number of anilines is 2. The van der Waals surface area contributed by atoms with Crippen molar-refractivity contribution in [1.82, 2.24) is 0 Å². The molecule has 3 aromatic carbocycles. The third-order valence-electron chi connectivity index (χ3n) is 3.91. The van der Waals surface area contributed by atoms with Gasteiger partial charge in [-0.05, 0) is 30.3 Å². The van der Waals surface area contributed by atoms with Crippen LogP contribution in [0.1, 0.15) is 0 Å². The number of carbonyl (C=O) groups excluding carboxylic acids is 1. The molecule has 0 saturated heterocycles. The molecule has 0 radical (unpaired) electrons. The molecule has 0 aromatic heterocycles. The van der Waals surface area contributed by atoms with Gasteiger partial charge in [0.05, 0.1) is 5.02 Å².